The Morgan fingerprint density at radius 1 is 1.13 bits per heavy atom. The fourth-order valence-electron chi connectivity index (χ4n) is 2.53. The van der Waals surface area contributed by atoms with Crippen LogP contribution in [0.15, 0.2) is 59.5 Å². The fourth-order valence-corrected chi connectivity index (χ4v) is 3.49. The van der Waals surface area contributed by atoms with Crippen molar-refractivity contribution in [2.75, 3.05) is 0 Å². The number of aromatic nitrogens is 2. The van der Waals surface area contributed by atoms with Gasteiger partial charge in [-0.2, -0.15) is 31.4 Å². The predicted molar refractivity (Wildman–Crippen MR) is 98.9 cm³/mol. The molecule has 0 bridgehead atoms. The molecule has 12 heteroatoms. The second-order valence-electron chi connectivity index (χ2n) is 6.08. The maximum atomic E-state index is 12.9. The third-order valence-electron chi connectivity index (χ3n) is 4.04. The SMILES string of the molecule is CCc1cc(OS(=O)(=O)c2cccc(C(F)(F)F)c2)n(-c2ccc([N+](=O)[O-])cc2)n1. The standard InChI is InChI=1S/C18H14F3N3O5S/c1-2-13-11-17(23(22-13)14-6-8-15(9-7-14)24(25)26)29-30(27,28)16-5-3-4-12(10-16)18(19,20)21/h3-11H,2H2,1H3. The zero-order chi connectivity index (χ0) is 22.1. The molecule has 1 aromatic heterocycles. The van der Waals surface area contributed by atoms with Crippen molar-refractivity contribution < 1.29 is 30.7 Å². The highest BCUT2D eigenvalue weighted by molar-refractivity contribution is 7.87. The van der Waals surface area contributed by atoms with E-state index in [-0.39, 0.29) is 17.3 Å². The van der Waals surface area contributed by atoms with E-state index in [0.29, 0.717) is 18.2 Å². The van der Waals surface area contributed by atoms with Crippen LogP contribution in [-0.2, 0) is 22.7 Å². The van der Waals surface area contributed by atoms with E-state index in [9.17, 15) is 31.7 Å². The van der Waals surface area contributed by atoms with Crippen LogP contribution in [0.2, 0.25) is 0 Å². The molecule has 0 N–H and O–H groups in total. The summed E-state index contributed by atoms with van der Waals surface area (Å²) in [5.74, 6) is -0.266. The van der Waals surface area contributed by atoms with Crippen molar-refractivity contribution in [2.24, 2.45) is 0 Å². The van der Waals surface area contributed by atoms with Gasteiger partial charge in [0.05, 0.1) is 21.9 Å². The molecular formula is C18H14F3N3O5S. The number of nitrogens with zero attached hydrogens (tertiary/aromatic N) is 3. The minimum atomic E-state index is -4.72. The summed E-state index contributed by atoms with van der Waals surface area (Å²) in [6.07, 6.45) is -4.30. The Hall–Kier alpha value is -3.41. The molecule has 0 fully saturated rings. The van der Waals surface area contributed by atoms with Gasteiger partial charge in [0.15, 0.2) is 0 Å². The molecule has 0 saturated carbocycles. The van der Waals surface area contributed by atoms with Gasteiger partial charge in [-0.25, -0.2) is 0 Å². The second-order valence-corrected chi connectivity index (χ2v) is 7.62. The van der Waals surface area contributed by atoms with Crippen LogP contribution < -0.4 is 4.18 Å². The minimum Gasteiger partial charge on any atom is -0.358 e. The van der Waals surface area contributed by atoms with Crippen LogP contribution in [0.1, 0.15) is 18.2 Å². The lowest BCUT2D eigenvalue weighted by Gasteiger charge is -2.11. The molecule has 0 unspecified atom stereocenters. The molecule has 0 aliphatic heterocycles. The molecule has 0 saturated heterocycles. The number of halogens is 3. The molecule has 8 nitrogen and oxygen atoms in total. The fraction of sp³-hybridized carbons (Fsp3) is 0.167. The first kappa shape index (κ1) is 21.3. The van der Waals surface area contributed by atoms with Gasteiger partial charge >= 0.3 is 16.3 Å². The van der Waals surface area contributed by atoms with Gasteiger partial charge in [-0.05, 0) is 36.8 Å². The van der Waals surface area contributed by atoms with Crippen molar-refractivity contribution in [1.29, 1.82) is 0 Å². The van der Waals surface area contributed by atoms with Crippen LogP contribution in [0.25, 0.3) is 5.69 Å². The summed E-state index contributed by atoms with van der Waals surface area (Å²) in [6, 6.07) is 9.58. The average Bonchev–Trinajstić information content (AvgIpc) is 3.09. The number of non-ortho nitro benzene ring substituents is 1. The van der Waals surface area contributed by atoms with Crippen LogP contribution in [0.3, 0.4) is 0 Å². The Bertz CT molecular complexity index is 1190. The number of aryl methyl sites for hydroxylation is 1. The lowest BCUT2D eigenvalue weighted by atomic mass is 10.2. The lowest BCUT2D eigenvalue weighted by Crippen LogP contribution is -2.14. The molecule has 2 aromatic carbocycles. The van der Waals surface area contributed by atoms with E-state index in [4.69, 9.17) is 4.18 Å². The predicted octanol–water partition coefficient (Wildman–Crippen LogP) is 4.13. The highest BCUT2D eigenvalue weighted by Gasteiger charge is 2.32. The Kier molecular flexibility index (Phi) is 5.53. The average molecular weight is 441 g/mol. The quantitative estimate of drug-likeness (QED) is 0.324. The first-order chi connectivity index (χ1) is 14.0. The maximum absolute atomic E-state index is 12.9. The van der Waals surface area contributed by atoms with Crippen molar-refractivity contribution in [3.63, 3.8) is 0 Å². The van der Waals surface area contributed by atoms with Gasteiger partial charge in [-0.15, -0.1) is 0 Å². The highest BCUT2D eigenvalue weighted by atomic mass is 32.2. The van der Waals surface area contributed by atoms with Crippen LogP contribution in [0.5, 0.6) is 5.88 Å². The zero-order valence-electron chi connectivity index (χ0n) is 15.3. The van der Waals surface area contributed by atoms with E-state index in [1.54, 1.807) is 6.92 Å². The van der Waals surface area contributed by atoms with Crippen molar-refractivity contribution in [3.05, 3.63) is 76.0 Å². The van der Waals surface area contributed by atoms with E-state index in [1.165, 1.54) is 30.3 Å². The number of hydrogen-bond donors (Lipinski definition) is 0. The zero-order valence-corrected chi connectivity index (χ0v) is 16.1. The van der Waals surface area contributed by atoms with Gasteiger partial charge < -0.3 is 4.18 Å². The van der Waals surface area contributed by atoms with E-state index in [1.807, 2.05) is 0 Å². The van der Waals surface area contributed by atoms with E-state index >= 15 is 0 Å². The summed E-state index contributed by atoms with van der Waals surface area (Å²) in [5, 5.41) is 15.0. The third-order valence-corrected chi connectivity index (χ3v) is 5.26. The number of alkyl halides is 3. The molecule has 3 aromatic rings. The smallest absolute Gasteiger partial charge is 0.358 e. The van der Waals surface area contributed by atoms with Crippen molar-refractivity contribution in [3.8, 4) is 11.6 Å². The summed E-state index contributed by atoms with van der Waals surface area (Å²) >= 11 is 0. The van der Waals surface area contributed by atoms with Crippen LogP contribution in [0.4, 0.5) is 18.9 Å². The molecule has 0 radical (unpaired) electrons. The minimum absolute atomic E-state index is 0.180. The Morgan fingerprint density at radius 2 is 1.80 bits per heavy atom. The number of nitro benzene ring substituents is 1. The largest absolute Gasteiger partial charge is 0.416 e. The van der Waals surface area contributed by atoms with Crippen molar-refractivity contribution in [2.45, 2.75) is 24.4 Å². The van der Waals surface area contributed by atoms with E-state index in [0.717, 1.165) is 22.9 Å². The molecule has 158 valence electrons. The monoisotopic (exact) mass is 441 g/mol. The number of hydrogen-bond acceptors (Lipinski definition) is 6. The molecule has 3 rings (SSSR count). The molecular weight excluding hydrogens is 427 g/mol. The summed E-state index contributed by atoms with van der Waals surface area (Å²) in [5.41, 5.74) is -0.594. The molecule has 0 amide bonds. The molecule has 0 spiro atoms. The van der Waals surface area contributed by atoms with Crippen molar-refractivity contribution in [1.82, 2.24) is 9.78 Å². The molecule has 0 aliphatic carbocycles. The molecule has 30 heavy (non-hydrogen) atoms. The van der Waals surface area contributed by atoms with Gasteiger partial charge in [-0.1, -0.05) is 13.0 Å². The first-order valence-electron chi connectivity index (χ1n) is 8.47. The second kappa shape index (κ2) is 7.78. The van der Waals surface area contributed by atoms with E-state index < -0.39 is 31.7 Å². The van der Waals surface area contributed by atoms with Crippen molar-refractivity contribution >= 4 is 15.8 Å². The van der Waals surface area contributed by atoms with Crippen LogP contribution >= 0.6 is 0 Å². The topological polar surface area (TPSA) is 104 Å². The maximum Gasteiger partial charge on any atom is 0.416 e. The van der Waals surface area contributed by atoms with Crippen LogP contribution in [-0.4, -0.2) is 23.1 Å². The summed E-state index contributed by atoms with van der Waals surface area (Å²) in [7, 11) is -4.61. The molecule has 1 heterocycles. The first-order valence-corrected chi connectivity index (χ1v) is 9.87. The lowest BCUT2D eigenvalue weighted by molar-refractivity contribution is -0.384. The number of benzene rings is 2. The summed E-state index contributed by atoms with van der Waals surface area (Å²) in [6.45, 7) is 1.76. The van der Waals surface area contributed by atoms with Gasteiger partial charge in [0.1, 0.15) is 4.90 Å². The molecule has 0 atom stereocenters. The van der Waals surface area contributed by atoms with Gasteiger partial charge in [0.2, 0.25) is 5.88 Å². The number of nitro groups is 1. The normalized spacial score (nSPS) is 12.0. The van der Waals surface area contributed by atoms with Gasteiger partial charge in [0.25, 0.3) is 5.69 Å². The van der Waals surface area contributed by atoms with Crippen LogP contribution in [0, 0.1) is 10.1 Å². The third kappa shape index (κ3) is 4.43. The summed E-state index contributed by atoms with van der Waals surface area (Å²) in [4.78, 5) is 9.54. The van der Waals surface area contributed by atoms with Gasteiger partial charge in [0, 0.05) is 18.2 Å². The summed E-state index contributed by atoms with van der Waals surface area (Å²) < 4.78 is 70.1. The molecule has 0 aliphatic rings. The Balaban J connectivity index is 2.00. The van der Waals surface area contributed by atoms with E-state index in [2.05, 4.69) is 5.10 Å². The highest BCUT2D eigenvalue weighted by Crippen LogP contribution is 2.31. The number of rotatable bonds is 6. The Labute approximate surface area is 168 Å². The Morgan fingerprint density at radius 3 is 2.37 bits per heavy atom. The van der Waals surface area contributed by atoms with Gasteiger partial charge in [-0.3, -0.25) is 10.1 Å².